The van der Waals surface area contributed by atoms with Gasteiger partial charge in [0.05, 0.1) is 13.2 Å². The third-order valence-corrected chi connectivity index (χ3v) is 1.00. The molecule has 0 saturated carbocycles. The van der Waals surface area contributed by atoms with E-state index in [0.29, 0.717) is 13.2 Å². The van der Waals surface area contributed by atoms with Gasteiger partial charge in [-0.25, -0.2) is 0 Å². The van der Waals surface area contributed by atoms with Crippen LogP contribution in [0.25, 0.3) is 0 Å². The van der Waals surface area contributed by atoms with Gasteiger partial charge in [-0.1, -0.05) is 6.92 Å². The van der Waals surface area contributed by atoms with E-state index >= 15 is 0 Å². The quantitative estimate of drug-likeness (QED) is 0.565. The molecule has 0 aliphatic rings. The van der Waals surface area contributed by atoms with Gasteiger partial charge in [0, 0.05) is 6.61 Å². The van der Waals surface area contributed by atoms with Crippen LogP contribution in [0.2, 0.25) is 0 Å². The predicted octanol–water partition coefficient (Wildman–Crippen LogP) is 0.768. The molecule has 0 rings (SSSR count). The Hall–Kier alpha value is -0.120. The summed E-state index contributed by atoms with van der Waals surface area (Å²) in [6.45, 7) is 4.99. The van der Waals surface area contributed by atoms with E-state index in [-0.39, 0.29) is 12.9 Å². The van der Waals surface area contributed by atoms with Crippen molar-refractivity contribution in [2.24, 2.45) is 0 Å². The summed E-state index contributed by atoms with van der Waals surface area (Å²) in [6.07, 6.45) is 0.805. The topological polar surface area (TPSA) is 38.7 Å². The molecule has 0 aromatic carbocycles. The molecule has 0 aliphatic heterocycles. The zero-order chi connectivity index (χ0) is 7.82. The molecule has 62 valence electrons. The van der Waals surface area contributed by atoms with Crippen LogP contribution in [0.15, 0.2) is 0 Å². The standard InChI is InChI=1S/C7H16O3/c1-3-5-9-7(2)10-6-4-8/h7-8H,3-6H2,1-2H3. The summed E-state index contributed by atoms with van der Waals surface area (Å²) in [5, 5.41) is 8.36. The van der Waals surface area contributed by atoms with Crippen LogP contribution in [0.3, 0.4) is 0 Å². The minimum Gasteiger partial charge on any atom is -0.394 e. The molecular formula is C7H16O3. The van der Waals surface area contributed by atoms with Crippen LogP contribution < -0.4 is 0 Å². The van der Waals surface area contributed by atoms with Crippen LogP contribution in [0, 0.1) is 0 Å². The van der Waals surface area contributed by atoms with E-state index in [9.17, 15) is 0 Å². The van der Waals surface area contributed by atoms with E-state index in [0.717, 1.165) is 6.42 Å². The Morgan fingerprint density at radius 1 is 1.30 bits per heavy atom. The monoisotopic (exact) mass is 148 g/mol. The van der Waals surface area contributed by atoms with E-state index in [1.807, 2.05) is 13.8 Å². The predicted molar refractivity (Wildman–Crippen MR) is 38.7 cm³/mol. The van der Waals surface area contributed by atoms with Crippen LogP contribution in [0.4, 0.5) is 0 Å². The number of hydrogen-bond donors (Lipinski definition) is 1. The smallest absolute Gasteiger partial charge is 0.154 e. The van der Waals surface area contributed by atoms with Crippen molar-refractivity contribution in [3.05, 3.63) is 0 Å². The molecule has 3 heteroatoms. The number of aliphatic hydroxyl groups excluding tert-OH is 1. The van der Waals surface area contributed by atoms with Crippen LogP contribution >= 0.6 is 0 Å². The summed E-state index contributed by atoms with van der Waals surface area (Å²) < 4.78 is 10.2. The Kier molecular flexibility index (Phi) is 6.91. The van der Waals surface area contributed by atoms with Gasteiger partial charge in [-0.2, -0.15) is 0 Å². The van der Waals surface area contributed by atoms with E-state index in [4.69, 9.17) is 14.6 Å². The lowest BCUT2D eigenvalue weighted by atomic mass is 10.5. The second-order valence-electron chi connectivity index (χ2n) is 2.03. The van der Waals surface area contributed by atoms with Crippen molar-refractivity contribution in [2.45, 2.75) is 26.6 Å². The van der Waals surface area contributed by atoms with Gasteiger partial charge in [-0.3, -0.25) is 0 Å². The Morgan fingerprint density at radius 3 is 2.40 bits per heavy atom. The molecule has 0 heterocycles. The third-order valence-electron chi connectivity index (χ3n) is 1.00. The van der Waals surface area contributed by atoms with E-state index in [1.54, 1.807) is 0 Å². The summed E-state index contributed by atoms with van der Waals surface area (Å²) >= 11 is 0. The van der Waals surface area contributed by atoms with Gasteiger partial charge in [-0.05, 0) is 13.3 Å². The summed E-state index contributed by atoms with van der Waals surface area (Å²) in [5.41, 5.74) is 0. The van der Waals surface area contributed by atoms with Crippen molar-refractivity contribution < 1.29 is 14.6 Å². The highest BCUT2D eigenvalue weighted by molar-refractivity contribution is 4.32. The maximum Gasteiger partial charge on any atom is 0.154 e. The molecule has 0 amide bonds. The maximum atomic E-state index is 8.36. The van der Waals surface area contributed by atoms with Crippen LogP contribution in [-0.4, -0.2) is 31.2 Å². The highest BCUT2D eigenvalue weighted by Crippen LogP contribution is 1.93. The fourth-order valence-electron chi connectivity index (χ4n) is 0.551. The number of aliphatic hydroxyl groups is 1. The summed E-state index contributed by atoms with van der Waals surface area (Å²) in [5.74, 6) is 0. The van der Waals surface area contributed by atoms with E-state index in [1.165, 1.54) is 0 Å². The third kappa shape index (κ3) is 6.01. The maximum absolute atomic E-state index is 8.36. The SMILES string of the molecule is CCCOC(C)OCCO. The van der Waals surface area contributed by atoms with E-state index < -0.39 is 0 Å². The molecular weight excluding hydrogens is 132 g/mol. The molecule has 1 N–H and O–H groups in total. The highest BCUT2D eigenvalue weighted by atomic mass is 16.7. The van der Waals surface area contributed by atoms with Gasteiger partial charge in [0.1, 0.15) is 0 Å². The van der Waals surface area contributed by atoms with Crippen molar-refractivity contribution in [1.82, 2.24) is 0 Å². The molecule has 10 heavy (non-hydrogen) atoms. The average Bonchev–Trinajstić information content (AvgIpc) is 1.97. The molecule has 1 unspecified atom stereocenters. The molecule has 3 nitrogen and oxygen atoms in total. The van der Waals surface area contributed by atoms with Gasteiger partial charge < -0.3 is 14.6 Å². The van der Waals surface area contributed by atoms with E-state index in [2.05, 4.69) is 0 Å². The minimum absolute atomic E-state index is 0.0554. The Balaban J connectivity index is 3.00. The zero-order valence-electron chi connectivity index (χ0n) is 6.67. The fourth-order valence-corrected chi connectivity index (χ4v) is 0.551. The Labute approximate surface area is 62.0 Å². The fraction of sp³-hybridized carbons (Fsp3) is 1.00. The van der Waals surface area contributed by atoms with Gasteiger partial charge in [-0.15, -0.1) is 0 Å². The first-order valence-electron chi connectivity index (χ1n) is 3.65. The van der Waals surface area contributed by atoms with Crippen molar-refractivity contribution >= 4 is 0 Å². The summed E-state index contributed by atoms with van der Waals surface area (Å²) in [7, 11) is 0. The van der Waals surface area contributed by atoms with Crippen molar-refractivity contribution in [3.63, 3.8) is 0 Å². The Bertz CT molecular complexity index is 57.9. The van der Waals surface area contributed by atoms with Crippen molar-refractivity contribution in [2.75, 3.05) is 19.8 Å². The number of ether oxygens (including phenoxy) is 2. The van der Waals surface area contributed by atoms with Crippen molar-refractivity contribution in [1.29, 1.82) is 0 Å². The molecule has 0 aliphatic carbocycles. The molecule has 0 spiro atoms. The number of hydrogen-bond acceptors (Lipinski definition) is 3. The van der Waals surface area contributed by atoms with Crippen LogP contribution in [-0.2, 0) is 9.47 Å². The van der Waals surface area contributed by atoms with Gasteiger partial charge >= 0.3 is 0 Å². The van der Waals surface area contributed by atoms with Gasteiger partial charge in [0.25, 0.3) is 0 Å². The molecule has 1 atom stereocenters. The lowest BCUT2D eigenvalue weighted by molar-refractivity contribution is -0.135. The highest BCUT2D eigenvalue weighted by Gasteiger charge is 1.98. The molecule has 0 radical (unpaired) electrons. The average molecular weight is 148 g/mol. The normalized spacial score (nSPS) is 13.5. The summed E-state index contributed by atoms with van der Waals surface area (Å²) in [4.78, 5) is 0. The molecule has 0 aromatic rings. The first-order chi connectivity index (χ1) is 4.81. The second-order valence-corrected chi connectivity index (χ2v) is 2.03. The molecule has 0 aromatic heterocycles. The van der Waals surface area contributed by atoms with Crippen LogP contribution in [0.5, 0.6) is 0 Å². The lowest BCUT2D eigenvalue weighted by Crippen LogP contribution is -2.15. The largest absolute Gasteiger partial charge is 0.394 e. The number of rotatable bonds is 6. The molecule has 0 bridgehead atoms. The summed E-state index contributed by atoms with van der Waals surface area (Å²) in [6, 6.07) is 0. The first-order valence-corrected chi connectivity index (χ1v) is 3.65. The lowest BCUT2D eigenvalue weighted by Gasteiger charge is -2.11. The van der Waals surface area contributed by atoms with Gasteiger partial charge in [0.2, 0.25) is 0 Å². The Morgan fingerprint density at radius 2 is 1.90 bits per heavy atom. The second kappa shape index (κ2) is 6.99. The van der Waals surface area contributed by atoms with Gasteiger partial charge in [0.15, 0.2) is 6.29 Å². The molecule has 0 fully saturated rings. The zero-order valence-corrected chi connectivity index (χ0v) is 6.67. The van der Waals surface area contributed by atoms with Crippen LogP contribution in [0.1, 0.15) is 20.3 Å². The van der Waals surface area contributed by atoms with Crippen molar-refractivity contribution in [3.8, 4) is 0 Å². The minimum atomic E-state index is -0.188. The first kappa shape index (κ1) is 9.88. The molecule has 0 saturated heterocycles.